The lowest BCUT2D eigenvalue weighted by molar-refractivity contribution is -0.00519. The highest BCUT2D eigenvalue weighted by atomic mass is 16.5. The average molecular weight is 220 g/mol. The molecule has 0 saturated carbocycles. The van der Waals surface area contributed by atoms with E-state index in [9.17, 15) is 0 Å². The number of hydrogen-bond acceptors (Lipinski definition) is 3. The second-order valence-corrected chi connectivity index (χ2v) is 4.68. The van der Waals surface area contributed by atoms with Gasteiger partial charge in [-0.3, -0.25) is 0 Å². The smallest absolute Gasteiger partial charge is 0.0726 e. The minimum Gasteiger partial charge on any atom is -0.397 e. The molecule has 16 heavy (non-hydrogen) atoms. The van der Waals surface area contributed by atoms with E-state index in [-0.39, 0.29) is 12.2 Å². The van der Waals surface area contributed by atoms with Gasteiger partial charge in [0.2, 0.25) is 0 Å². The van der Waals surface area contributed by atoms with Gasteiger partial charge in [0.25, 0.3) is 0 Å². The van der Waals surface area contributed by atoms with Gasteiger partial charge in [-0.2, -0.15) is 0 Å². The predicted molar refractivity (Wildman–Crippen MR) is 67.8 cm³/mol. The second-order valence-electron chi connectivity index (χ2n) is 4.68. The van der Waals surface area contributed by atoms with Crippen LogP contribution in [0.3, 0.4) is 0 Å². The molecular weight excluding hydrogens is 200 g/mol. The number of morpholine rings is 1. The Labute approximate surface area is 97.2 Å². The zero-order chi connectivity index (χ0) is 11.7. The largest absolute Gasteiger partial charge is 0.397 e. The van der Waals surface area contributed by atoms with Gasteiger partial charge in [0.1, 0.15) is 0 Å². The third-order valence-corrected chi connectivity index (χ3v) is 3.00. The molecule has 1 saturated heterocycles. The Bertz CT molecular complexity index is 348. The van der Waals surface area contributed by atoms with Crippen LogP contribution in [0.5, 0.6) is 0 Å². The van der Waals surface area contributed by atoms with Crippen LogP contribution in [0.4, 0.5) is 11.4 Å². The highest BCUT2D eigenvalue weighted by molar-refractivity contribution is 5.71. The van der Waals surface area contributed by atoms with Gasteiger partial charge < -0.3 is 15.4 Å². The molecule has 2 N–H and O–H groups in total. The lowest BCUT2D eigenvalue weighted by Gasteiger charge is -2.38. The minimum atomic E-state index is 0.266. The van der Waals surface area contributed by atoms with Crippen molar-refractivity contribution in [3.63, 3.8) is 0 Å². The summed E-state index contributed by atoms with van der Waals surface area (Å²) in [7, 11) is 0. The predicted octanol–water partition coefficient (Wildman–Crippen LogP) is 2.19. The molecule has 0 spiro atoms. The van der Waals surface area contributed by atoms with Crippen molar-refractivity contribution >= 4 is 11.4 Å². The van der Waals surface area contributed by atoms with Crippen molar-refractivity contribution in [2.75, 3.05) is 23.7 Å². The van der Waals surface area contributed by atoms with Crippen LogP contribution in [0.2, 0.25) is 0 Å². The molecule has 1 aromatic rings. The fourth-order valence-electron chi connectivity index (χ4n) is 2.47. The molecule has 3 heteroatoms. The van der Waals surface area contributed by atoms with Gasteiger partial charge in [-0.05, 0) is 32.4 Å². The van der Waals surface area contributed by atoms with Crippen molar-refractivity contribution in [1.29, 1.82) is 0 Å². The van der Waals surface area contributed by atoms with E-state index in [2.05, 4.69) is 31.7 Å². The fourth-order valence-corrected chi connectivity index (χ4v) is 2.47. The molecule has 0 unspecified atom stereocenters. The molecule has 0 aliphatic carbocycles. The van der Waals surface area contributed by atoms with Crippen molar-refractivity contribution in [2.45, 2.75) is 33.0 Å². The quantitative estimate of drug-likeness (QED) is 0.737. The van der Waals surface area contributed by atoms with Crippen LogP contribution in [0.25, 0.3) is 0 Å². The monoisotopic (exact) mass is 220 g/mol. The van der Waals surface area contributed by atoms with Crippen LogP contribution in [0, 0.1) is 6.92 Å². The van der Waals surface area contributed by atoms with E-state index in [4.69, 9.17) is 10.5 Å². The topological polar surface area (TPSA) is 38.5 Å². The van der Waals surface area contributed by atoms with Gasteiger partial charge in [-0.1, -0.05) is 12.1 Å². The van der Waals surface area contributed by atoms with Crippen molar-refractivity contribution in [2.24, 2.45) is 0 Å². The Morgan fingerprint density at radius 3 is 2.44 bits per heavy atom. The average Bonchev–Trinajstić information content (AvgIpc) is 2.15. The SMILES string of the molecule is Cc1cccc(N)c1N1C[C@@H](C)O[C@@H](C)C1. The van der Waals surface area contributed by atoms with Gasteiger partial charge >= 0.3 is 0 Å². The number of ether oxygens (including phenoxy) is 1. The summed E-state index contributed by atoms with van der Waals surface area (Å²) in [5.74, 6) is 0. The summed E-state index contributed by atoms with van der Waals surface area (Å²) >= 11 is 0. The summed E-state index contributed by atoms with van der Waals surface area (Å²) in [6, 6.07) is 6.07. The van der Waals surface area contributed by atoms with Gasteiger partial charge in [0, 0.05) is 13.1 Å². The number of nitrogens with two attached hydrogens (primary N) is 1. The molecule has 1 aliphatic rings. The summed E-state index contributed by atoms with van der Waals surface area (Å²) in [6.07, 6.45) is 0.533. The van der Waals surface area contributed by atoms with E-state index in [1.165, 1.54) is 11.3 Å². The zero-order valence-electron chi connectivity index (χ0n) is 10.2. The molecule has 1 aromatic carbocycles. The third kappa shape index (κ3) is 2.14. The highest BCUT2D eigenvalue weighted by Crippen LogP contribution is 2.29. The number of para-hydroxylation sites is 1. The van der Waals surface area contributed by atoms with Crippen molar-refractivity contribution < 1.29 is 4.74 Å². The van der Waals surface area contributed by atoms with E-state index >= 15 is 0 Å². The first kappa shape index (κ1) is 11.3. The molecule has 0 aromatic heterocycles. The number of benzene rings is 1. The van der Waals surface area contributed by atoms with Crippen molar-refractivity contribution in [3.05, 3.63) is 23.8 Å². The fraction of sp³-hybridized carbons (Fsp3) is 0.538. The lowest BCUT2D eigenvalue weighted by atomic mass is 10.1. The molecule has 0 radical (unpaired) electrons. The van der Waals surface area contributed by atoms with Gasteiger partial charge in [-0.25, -0.2) is 0 Å². The summed E-state index contributed by atoms with van der Waals surface area (Å²) < 4.78 is 5.74. The minimum absolute atomic E-state index is 0.266. The summed E-state index contributed by atoms with van der Waals surface area (Å²) in [4.78, 5) is 2.34. The Morgan fingerprint density at radius 1 is 1.25 bits per heavy atom. The maximum absolute atomic E-state index is 6.06. The number of rotatable bonds is 1. The van der Waals surface area contributed by atoms with Gasteiger partial charge in [-0.15, -0.1) is 0 Å². The summed E-state index contributed by atoms with van der Waals surface area (Å²) in [5, 5.41) is 0. The number of aryl methyl sites for hydroxylation is 1. The maximum atomic E-state index is 6.06. The van der Waals surface area contributed by atoms with Crippen molar-refractivity contribution in [3.8, 4) is 0 Å². The Balaban J connectivity index is 2.29. The number of nitrogen functional groups attached to an aromatic ring is 1. The number of nitrogens with zero attached hydrogens (tertiary/aromatic N) is 1. The lowest BCUT2D eigenvalue weighted by Crippen LogP contribution is -2.46. The molecule has 1 heterocycles. The first-order chi connectivity index (χ1) is 7.58. The van der Waals surface area contributed by atoms with Crippen LogP contribution in [0.15, 0.2) is 18.2 Å². The van der Waals surface area contributed by atoms with E-state index in [0.29, 0.717) is 0 Å². The molecule has 2 rings (SSSR count). The van der Waals surface area contributed by atoms with E-state index in [1.807, 2.05) is 12.1 Å². The summed E-state index contributed by atoms with van der Waals surface area (Å²) in [5.41, 5.74) is 9.33. The normalized spacial score (nSPS) is 25.8. The van der Waals surface area contributed by atoms with Crippen LogP contribution in [0.1, 0.15) is 19.4 Å². The standard InChI is InChI=1S/C13H20N2O/c1-9-5-4-6-12(14)13(9)15-7-10(2)16-11(3)8-15/h4-6,10-11H,7-8,14H2,1-3H3/t10-,11+. The van der Waals surface area contributed by atoms with Crippen molar-refractivity contribution in [1.82, 2.24) is 0 Å². The van der Waals surface area contributed by atoms with Gasteiger partial charge in [0.05, 0.1) is 23.6 Å². The summed E-state index contributed by atoms with van der Waals surface area (Å²) in [6.45, 7) is 8.16. The molecule has 1 fully saturated rings. The molecular formula is C13H20N2O. The second kappa shape index (κ2) is 4.34. The van der Waals surface area contributed by atoms with E-state index in [1.54, 1.807) is 0 Å². The van der Waals surface area contributed by atoms with E-state index < -0.39 is 0 Å². The Kier molecular flexibility index (Phi) is 3.06. The van der Waals surface area contributed by atoms with Crippen LogP contribution in [-0.4, -0.2) is 25.3 Å². The zero-order valence-corrected chi connectivity index (χ0v) is 10.2. The van der Waals surface area contributed by atoms with Crippen LogP contribution < -0.4 is 10.6 Å². The third-order valence-electron chi connectivity index (χ3n) is 3.00. The Hall–Kier alpha value is -1.22. The maximum Gasteiger partial charge on any atom is 0.0726 e. The Morgan fingerprint density at radius 2 is 1.88 bits per heavy atom. The van der Waals surface area contributed by atoms with Crippen LogP contribution in [-0.2, 0) is 4.74 Å². The molecule has 2 atom stereocenters. The van der Waals surface area contributed by atoms with Crippen LogP contribution >= 0.6 is 0 Å². The molecule has 3 nitrogen and oxygen atoms in total. The molecule has 0 amide bonds. The van der Waals surface area contributed by atoms with E-state index in [0.717, 1.165) is 18.8 Å². The first-order valence-electron chi connectivity index (χ1n) is 5.83. The first-order valence-corrected chi connectivity index (χ1v) is 5.83. The molecule has 0 bridgehead atoms. The molecule has 1 aliphatic heterocycles. The van der Waals surface area contributed by atoms with Gasteiger partial charge in [0.15, 0.2) is 0 Å². The number of anilines is 2. The highest BCUT2D eigenvalue weighted by Gasteiger charge is 2.24. The number of hydrogen-bond donors (Lipinski definition) is 1. The molecule has 88 valence electrons.